The fourth-order valence-corrected chi connectivity index (χ4v) is 2.27. The van der Waals surface area contributed by atoms with Gasteiger partial charge in [0.1, 0.15) is 11.9 Å². The van der Waals surface area contributed by atoms with Crippen molar-refractivity contribution in [1.82, 2.24) is 9.13 Å². The Kier molecular flexibility index (Phi) is 4.89. The molecule has 0 radical (unpaired) electrons. The molecule has 0 aliphatic carbocycles. The molecular formula is C15H15ClN4O3. The molecule has 0 amide bonds. The summed E-state index contributed by atoms with van der Waals surface area (Å²) in [5, 5.41) is 22.7. The molecule has 120 valence electrons. The van der Waals surface area contributed by atoms with Crippen molar-refractivity contribution in [2.75, 3.05) is 11.9 Å². The van der Waals surface area contributed by atoms with Gasteiger partial charge in [0, 0.05) is 25.7 Å². The van der Waals surface area contributed by atoms with E-state index in [4.69, 9.17) is 16.9 Å². The number of anilines is 1. The number of rotatable bonds is 4. The molecule has 0 spiro atoms. The Morgan fingerprint density at radius 1 is 1.26 bits per heavy atom. The zero-order valence-corrected chi connectivity index (χ0v) is 13.3. The van der Waals surface area contributed by atoms with E-state index in [1.54, 1.807) is 30.3 Å². The lowest BCUT2D eigenvalue weighted by Gasteiger charge is -2.16. The average molecular weight is 335 g/mol. The first kappa shape index (κ1) is 16.8. The summed E-state index contributed by atoms with van der Waals surface area (Å²) in [4.78, 5) is 23.9. The minimum Gasteiger partial charge on any atom is -0.387 e. The summed E-state index contributed by atoms with van der Waals surface area (Å²) < 4.78 is 2.02. The summed E-state index contributed by atoms with van der Waals surface area (Å²) >= 11 is 5.79. The molecule has 1 atom stereocenters. The van der Waals surface area contributed by atoms with Crippen LogP contribution in [-0.2, 0) is 14.1 Å². The van der Waals surface area contributed by atoms with Gasteiger partial charge in [-0.25, -0.2) is 4.79 Å². The van der Waals surface area contributed by atoms with Crippen LogP contribution < -0.4 is 16.6 Å². The predicted octanol–water partition coefficient (Wildman–Crippen LogP) is 0.755. The fourth-order valence-electron chi connectivity index (χ4n) is 2.15. The highest BCUT2D eigenvalue weighted by molar-refractivity contribution is 6.30. The second kappa shape index (κ2) is 6.69. The molecule has 0 aliphatic heterocycles. The average Bonchev–Trinajstić information content (AvgIpc) is 2.55. The number of halogens is 1. The van der Waals surface area contributed by atoms with Crippen molar-refractivity contribution in [3.63, 3.8) is 0 Å². The molecular weight excluding hydrogens is 320 g/mol. The maximum absolute atomic E-state index is 12.0. The molecule has 7 nitrogen and oxygen atoms in total. The van der Waals surface area contributed by atoms with Crippen molar-refractivity contribution in [3.05, 3.63) is 61.3 Å². The number of aromatic nitrogens is 2. The lowest BCUT2D eigenvalue weighted by atomic mass is 10.1. The van der Waals surface area contributed by atoms with Crippen molar-refractivity contribution in [3.8, 4) is 6.07 Å². The molecule has 0 bridgehead atoms. The third-order valence-electron chi connectivity index (χ3n) is 3.49. The quantitative estimate of drug-likeness (QED) is 0.859. The first-order valence-electron chi connectivity index (χ1n) is 6.74. The normalized spacial score (nSPS) is 11.8. The minimum atomic E-state index is -0.891. The second-order valence-corrected chi connectivity index (χ2v) is 5.43. The molecule has 1 aromatic carbocycles. The monoisotopic (exact) mass is 334 g/mol. The molecule has 23 heavy (non-hydrogen) atoms. The van der Waals surface area contributed by atoms with Crippen LogP contribution >= 0.6 is 11.6 Å². The van der Waals surface area contributed by atoms with E-state index < -0.39 is 17.4 Å². The number of benzene rings is 1. The van der Waals surface area contributed by atoms with E-state index in [1.807, 2.05) is 0 Å². The fraction of sp³-hybridized carbons (Fsp3) is 0.267. The van der Waals surface area contributed by atoms with E-state index >= 15 is 0 Å². The van der Waals surface area contributed by atoms with Gasteiger partial charge in [0.15, 0.2) is 5.56 Å². The van der Waals surface area contributed by atoms with E-state index in [0.717, 1.165) is 9.13 Å². The van der Waals surface area contributed by atoms with Crippen molar-refractivity contribution in [2.24, 2.45) is 14.1 Å². The number of nitrogens with one attached hydrogen (secondary N) is 1. The molecule has 0 fully saturated rings. The van der Waals surface area contributed by atoms with Gasteiger partial charge in [-0.2, -0.15) is 5.26 Å². The third-order valence-corrected chi connectivity index (χ3v) is 3.75. The lowest BCUT2D eigenvalue weighted by Crippen LogP contribution is -2.40. The highest BCUT2D eigenvalue weighted by atomic mass is 35.5. The van der Waals surface area contributed by atoms with Crippen LogP contribution in [0.2, 0.25) is 5.02 Å². The highest BCUT2D eigenvalue weighted by Crippen LogP contribution is 2.17. The number of aliphatic hydroxyl groups excluding tert-OH is 1. The first-order valence-corrected chi connectivity index (χ1v) is 7.12. The smallest absolute Gasteiger partial charge is 0.332 e. The summed E-state index contributed by atoms with van der Waals surface area (Å²) in [6.07, 6.45) is -0.891. The zero-order chi connectivity index (χ0) is 17.1. The molecule has 0 saturated heterocycles. The summed E-state index contributed by atoms with van der Waals surface area (Å²) in [5.74, 6) is 0.0774. The first-order chi connectivity index (χ1) is 10.9. The second-order valence-electron chi connectivity index (χ2n) is 4.99. The lowest BCUT2D eigenvalue weighted by molar-refractivity contribution is 0.191. The molecule has 0 saturated carbocycles. The number of nitriles is 1. The van der Waals surface area contributed by atoms with Crippen LogP contribution in [0, 0.1) is 11.3 Å². The van der Waals surface area contributed by atoms with Gasteiger partial charge < -0.3 is 10.4 Å². The molecule has 2 aromatic rings. The Morgan fingerprint density at radius 2 is 1.87 bits per heavy atom. The number of hydrogen-bond donors (Lipinski definition) is 2. The maximum atomic E-state index is 12.0. The molecule has 8 heteroatoms. The molecule has 0 unspecified atom stereocenters. The van der Waals surface area contributed by atoms with Gasteiger partial charge in [-0.15, -0.1) is 0 Å². The van der Waals surface area contributed by atoms with Gasteiger partial charge in [0.2, 0.25) is 0 Å². The predicted molar refractivity (Wildman–Crippen MR) is 86.5 cm³/mol. The van der Waals surface area contributed by atoms with Gasteiger partial charge in [-0.3, -0.25) is 13.9 Å². The van der Waals surface area contributed by atoms with Crippen molar-refractivity contribution in [1.29, 1.82) is 5.26 Å². The molecule has 1 heterocycles. The van der Waals surface area contributed by atoms with Gasteiger partial charge in [0.05, 0.1) is 6.10 Å². The highest BCUT2D eigenvalue weighted by Gasteiger charge is 2.16. The molecule has 0 aliphatic rings. The Morgan fingerprint density at radius 3 is 2.43 bits per heavy atom. The van der Waals surface area contributed by atoms with Gasteiger partial charge >= 0.3 is 5.69 Å². The maximum Gasteiger partial charge on any atom is 0.332 e. The van der Waals surface area contributed by atoms with Crippen LogP contribution in [0.4, 0.5) is 5.82 Å². The SMILES string of the molecule is Cn1c(NC[C@@H](O)c2ccc(Cl)cc2)c(C#N)c(=O)n(C)c1=O. The third kappa shape index (κ3) is 3.28. The summed E-state index contributed by atoms with van der Waals surface area (Å²) in [7, 11) is 2.75. The van der Waals surface area contributed by atoms with Gasteiger partial charge in [-0.05, 0) is 17.7 Å². The van der Waals surface area contributed by atoms with E-state index in [1.165, 1.54) is 14.1 Å². The van der Waals surface area contributed by atoms with Gasteiger partial charge in [-0.1, -0.05) is 23.7 Å². The number of nitrogens with zero attached hydrogens (tertiary/aromatic N) is 3. The Balaban J connectivity index is 2.31. The number of aliphatic hydroxyl groups is 1. The summed E-state index contributed by atoms with van der Waals surface area (Å²) in [6, 6.07) is 8.42. The van der Waals surface area contributed by atoms with Gasteiger partial charge in [0.25, 0.3) is 5.56 Å². The number of hydrogen-bond acceptors (Lipinski definition) is 5. The van der Waals surface area contributed by atoms with Crippen LogP contribution in [0.5, 0.6) is 0 Å². The summed E-state index contributed by atoms with van der Waals surface area (Å²) in [6.45, 7) is 0.0246. The van der Waals surface area contributed by atoms with E-state index in [9.17, 15) is 14.7 Å². The Bertz CT molecular complexity index is 878. The molecule has 1 aromatic heterocycles. The van der Waals surface area contributed by atoms with E-state index in [2.05, 4.69) is 5.32 Å². The molecule has 2 rings (SSSR count). The van der Waals surface area contributed by atoms with Crippen LogP contribution in [-0.4, -0.2) is 20.8 Å². The van der Waals surface area contributed by atoms with Crippen LogP contribution in [0.1, 0.15) is 17.2 Å². The summed E-state index contributed by atoms with van der Waals surface area (Å²) in [5.41, 5.74) is -0.802. The van der Waals surface area contributed by atoms with Crippen LogP contribution in [0.25, 0.3) is 0 Å². The standard InChI is InChI=1S/C15H15ClN4O3/c1-19-13(11(7-17)14(22)20(2)15(19)23)18-8-12(21)9-3-5-10(16)6-4-9/h3-6,12,18,21H,8H2,1-2H3/t12-/m1/s1. The van der Waals surface area contributed by atoms with Crippen LogP contribution in [0.15, 0.2) is 33.9 Å². The van der Waals surface area contributed by atoms with Crippen LogP contribution in [0.3, 0.4) is 0 Å². The zero-order valence-electron chi connectivity index (χ0n) is 12.6. The van der Waals surface area contributed by atoms with E-state index in [-0.39, 0.29) is 17.9 Å². The van der Waals surface area contributed by atoms with E-state index in [0.29, 0.717) is 10.6 Å². The van der Waals surface area contributed by atoms with Crippen molar-refractivity contribution < 1.29 is 5.11 Å². The Labute approximate surface area is 137 Å². The minimum absolute atomic E-state index is 0.0246. The largest absolute Gasteiger partial charge is 0.387 e. The topological polar surface area (TPSA) is 100 Å². The van der Waals surface area contributed by atoms with Crippen molar-refractivity contribution in [2.45, 2.75) is 6.10 Å². The van der Waals surface area contributed by atoms with Crippen molar-refractivity contribution >= 4 is 17.4 Å². The molecule has 2 N–H and O–H groups in total. The Hall–Kier alpha value is -2.56.